The number of hydrogen-bond donors (Lipinski definition) is 2. The third-order valence-corrected chi connectivity index (χ3v) is 3.26. The van der Waals surface area contributed by atoms with Crippen LogP contribution in [0.25, 0.3) is 10.8 Å². The molecular weight excluding hydrogens is 280 g/mol. The van der Waals surface area contributed by atoms with Crippen molar-refractivity contribution in [3.8, 4) is 5.75 Å². The van der Waals surface area contributed by atoms with E-state index in [9.17, 15) is 9.90 Å². The van der Waals surface area contributed by atoms with Crippen molar-refractivity contribution in [2.75, 3.05) is 7.05 Å². The van der Waals surface area contributed by atoms with Crippen LogP contribution in [-0.4, -0.2) is 30.3 Å². The Balaban J connectivity index is 2.20. The molecule has 0 spiro atoms. The molecule has 22 heavy (non-hydrogen) atoms. The van der Waals surface area contributed by atoms with Gasteiger partial charge < -0.3 is 5.11 Å². The molecular formula is C16H18N4O2. The zero-order valence-electron chi connectivity index (χ0n) is 12.5. The lowest BCUT2D eigenvalue weighted by Crippen LogP contribution is -2.29. The van der Waals surface area contributed by atoms with Gasteiger partial charge in [-0.2, -0.15) is 15.3 Å². The number of hydrogen-bond acceptors (Lipinski definition) is 5. The topological polar surface area (TPSA) is 86.4 Å². The van der Waals surface area contributed by atoms with Crippen LogP contribution in [0.3, 0.4) is 0 Å². The Morgan fingerprint density at radius 1 is 1.32 bits per heavy atom. The van der Waals surface area contributed by atoms with Gasteiger partial charge in [0.25, 0.3) is 5.91 Å². The second-order valence-electron chi connectivity index (χ2n) is 4.69. The number of phenols is 1. The number of rotatable bonds is 5. The van der Waals surface area contributed by atoms with Gasteiger partial charge in [0, 0.05) is 12.6 Å². The van der Waals surface area contributed by atoms with Crippen LogP contribution in [0.4, 0.5) is 0 Å². The summed E-state index contributed by atoms with van der Waals surface area (Å²) in [4.78, 5) is 11.9. The molecule has 1 unspecified atom stereocenters. The standard InChI is InChI=1S/C16H18N4O2/c1-3-14(19-17-2)16(22)20-18-10-13-12-7-5-4-6-11(12)8-9-15(13)21/h4-10,14,21H,3H2,1-2H3,(H,20,22)/b18-10-,19-17?. The summed E-state index contributed by atoms with van der Waals surface area (Å²) >= 11 is 0. The smallest absolute Gasteiger partial charge is 0.266 e. The summed E-state index contributed by atoms with van der Waals surface area (Å²) in [5, 5.41) is 23.2. The second kappa shape index (κ2) is 7.31. The third-order valence-electron chi connectivity index (χ3n) is 3.26. The van der Waals surface area contributed by atoms with E-state index >= 15 is 0 Å². The van der Waals surface area contributed by atoms with Gasteiger partial charge >= 0.3 is 0 Å². The molecule has 0 aliphatic heterocycles. The van der Waals surface area contributed by atoms with Crippen LogP contribution in [0.1, 0.15) is 18.9 Å². The van der Waals surface area contributed by atoms with E-state index in [0.717, 1.165) is 10.8 Å². The summed E-state index contributed by atoms with van der Waals surface area (Å²) in [6.45, 7) is 1.85. The largest absolute Gasteiger partial charge is 0.507 e. The highest BCUT2D eigenvalue weighted by atomic mass is 16.3. The number of hydrazone groups is 1. The summed E-state index contributed by atoms with van der Waals surface area (Å²) < 4.78 is 0. The predicted octanol–water partition coefficient (Wildman–Crippen LogP) is 2.86. The highest BCUT2D eigenvalue weighted by Gasteiger charge is 2.14. The number of nitrogens with one attached hydrogen (secondary N) is 1. The SMILES string of the molecule is CCC(N=NC)C(=O)N/N=C\c1c(O)ccc2ccccc12. The number of amides is 1. The first-order chi connectivity index (χ1) is 10.7. The molecule has 6 heteroatoms. The number of fused-ring (bicyclic) bond motifs is 1. The molecule has 1 amide bonds. The second-order valence-corrected chi connectivity index (χ2v) is 4.69. The molecule has 114 valence electrons. The Morgan fingerprint density at radius 2 is 2.09 bits per heavy atom. The van der Waals surface area contributed by atoms with Crippen molar-refractivity contribution in [2.45, 2.75) is 19.4 Å². The van der Waals surface area contributed by atoms with Crippen LogP contribution in [0, 0.1) is 0 Å². The normalized spacial score (nSPS) is 13.0. The molecule has 0 aliphatic carbocycles. The lowest BCUT2D eigenvalue weighted by molar-refractivity contribution is -0.122. The van der Waals surface area contributed by atoms with Gasteiger partial charge in [0.1, 0.15) is 5.75 Å². The molecule has 2 rings (SSSR count). The number of carbonyl (C=O) groups excluding carboxylic acids is 1. The van der Waals surface area contributed by atoms with E-state index in [0.29, 0.717) is 12.0 Å². The molecule has 0 aromatic heterocycles. The Morgan fingerprint density at radius 3 is 2.82 bits per heavy atom. The summed E-state index contributed by atoms with van der Waals surface area (Å²) in [6, 6.07) is 10.5. The van der Waals surface area contributed by atoms with Crippen molar-refractivity contribution >= 4 is 22.9 Å². The van der Waals surface area contributed by atoms with Crippen molar-refractivity contribution in [1.29, 1.82) is 0 Å². The van der Waals surface area contributed by atoms with Gasteiger partial charge in [0.05, 0.1) is 6.21 Å². The van der Waals surface area contributed by atoms with E-state index in [-0.39, 0.29) is 11.7 Å². The Labute approximate surface area is 128 Å². The fourth-order valence-electron chi connectivity index (χ4n) is 2.11. The molecule has 0 saturated heterocycles. The summed E-state index contributed by atoms with van der Waals surface area (Å²) in [5.74, 6) is -0.221. The van der Waals surface area contributed by atoms with Crippen molar-refractivity contribution in [3.05, 3.63) is 42.0 Å². The summed E-state index contributed by atoms with van der Waals surface area (Å²) in [5.41, 5.74) is 2.98. The number of phenolic OH excluding ortho intramolecular Hbond substituents is 1. The Hall–Kier alpha value is -2.76. The van der Waals surface area contributed by atoms with Gasteiger partial charge in [0.2, 0.25) is 0 Å². The third kappa shape index (κ3) is 3.46. The maximum absolute atomic E-state index is 11.9. The summed E-state index contributed by atoms with van der Waals surface area (Å²) in [7, 11) is 1.52. The van der Waals surface area contributed by atoms with Crippen LogP contribution < -0.4 is 5.43 Å². The minimum absolute atomic E-state index is 0.108. The zero-order valence-corrected chi connectivity index (χ0v) is 12.5. The van der Waals surface area contributed by atoms with Crippen LogP contribution in [0.2, 0.25) is 0 Å². The lowest BCUT2D eigenvalue weighted by atomic mass is 10.0. The van der Waals surface area contributed by atoms with Crippen molar-refractivity contribution in [1.82, 2.24) is 5.43 Å². The molecule has 2 aromatic rings. The van der Waals surface area contributed by atoms with Crippen molar-refractivity contribution in [3.63, 3.8) is 0 Å². The minimum Gasteiger partial charge on any atom is -0.507 e. The number of carbonyl (C=O) groups is 1. The van der Waals surface area contributed by atoms with Gasteiger partial charge in [-0.15, -0.1) is 0 Å². The first-order valence-electron chi connectivity index (χ1n) is 7.00. The number of nitrogens with zero attached hydrogens (tertiary/aromatic N) is 3. The van der Waals surface area contributed by atoms with E-state index in [1.165, 1.54) is 13.3 Å². The van der Waals surface area contributed by atoms with Gasteiger partial charge in [0.15, 0.2) is 6.04 Å². The molecule has 0 fully saturated rings. The van der Waals surface area contributed by atoms with Crippen LogP contribution in [0.5, 0.6) is 5.75 Å². The quantitative estimate of drug-likeness (QED) is 0.505. The fraction of sp³-hybridized carbons (Fsp3) is 0.250. The molecule has 0 saturated carbocycles. The zero-order chi connectivity index (χ0) is 15.9. The number of aromatic hydroxyl groups is 1. The monoisotopic (exact) mass is 298 g/mol. The fourth-order valence-corrected chi connectivity index (χ4v) is 2.11. The molecule has 0 aliphatic rings. The molecule has 2 aromatic carbocycles. The number of benzene rings is 2. The van der Waals surface area contributed by atoms with E-state index in [2.05, 4.69) is 20.8 Å². The Bertz CT molecular complexity index is 725. The minimum atomic E-state index is -0.553. The molecule has 1 atom stereocenters. The van der Waals surface area contributed by atoms with Gasteiger partial charge in [-0.05, 0) is 23.3 Å². The maximum Gasteiger partial charge on any atom is 0.266 e. The van der Waals surface area contributed by atoms with Crippen molar-refractivity contribution in [2.24, 2.45) is 15.3 Å². The van der Waals surface area contributed by atoms with Crippen LogP contribution in [-0.2, 0) is 4.79 Å². The average Bonchev–Trinajstić information content (AvgIpc) is 2.54. The molecule has 0 radical (unpaired) electrons. The van der Waals surface area contributed by atoms with E-state index < -0.39 is 6.04 Å². The molecule has 0 heterocycles. The molecule has 6 nitrogen and oxygen atoms in total. The van der Waals surface area contributed by atoms with Crippen LogP contribution >= 0.6 is 0 Å². The maximum atomic E-state index is 11.9. The van der Waals surface area contributed by atoms with E-state index in [4.69, 9.17) is 0 Å². The molecule has 2 N–H and O–H groups in total. The lowest BCUT2D eigenvalue weighted by Gasteiger charge is -2.07. The molecule has 0 bridgehead atoms. The highest BCUT2D eigenvalue weighted by Crippen LogP contribution is 2.25. The Kier molecular flexibility index (Phi) is 5.19. The first kappa shape index (κ1) is 15.6. The van der Waals surface area contributed by atoms with Gasteiger partial charge in [-0.3, -0.25) is 4.79 Å². The number of azo groups is 1. The highest BCUT2D eigenvalue weighted by molar-refractivity contribution is 6.02. The van der Waals surface area contributed by atoms with Gasteiger partial charge in [-0.25, -0.2) is 5.43 Å². The predicted molar refractivity (Wildman–Crippen MR) is 86.2 cm³/mol. The summed E-state index contributed by atoms with van der Waals surface area (Å²) in [6.07, 6.45) is 1.98. The van der Waals surface area contributed by atoms with Crippen molar-refractivity contribution < 1.29 is 9.90 Å². The van der Waals surface area contributed by atoms with Gasteiger partial charge in [-0.1, -0.05) is 37.3 Å². The van der Waals surface area contributed by atoms with E-state index in [1.54, 1.807) is 6.07 Å². The van der Waals surface area contributed by atoms with E-state index in [1.807, 2.05) is 37.3 Å². The average molecular weight is 298 g/mol. The van der Waals surface area contributed by atoms with Crippen LogP contribution in [0.15, 0.2) is 51.7 Å². The first-order valence-corrected chi connectivity index (χ1v) is 7.00.